The fraction of sp³-hybridized carbons (Fsp3) is 0.326. The Bertz CT molecular complexity index is 2360. The number of aliphatic carboxylic acids is 1. The third-order valence-electron chi connectivity index (χ3n) is 10.7. The van der Waals surface area contributed by atoms with Crippen molar-refractivity contribution in [2.24, 2.45) is 0 Å². The van der Waals surface area contributed by atoms with E-state index in [0.29, 0.717) is 73.1 Å². The number of carboxylic acids is 1. The monoisotopic (exact) mass is 766 g/mol. The smallest absolute Gasteiger partial charge is 0.417 e. The van der Waals surface area contributed by atoms with E-state index in [9.17, 15) is 33.4 Å². The van der Waals surface area contributed by atoms with Crippen LogP contribution < -0.4 is 4.74 Å². The third kappa shape index (κ3) is 7.92. The average molecular weight is 767 g/mol. The molecule has 2 aliphatic heterocycles. The molecule has 3 heterocycles. The lowest BCUT2D eigenvalue weighted by molar-refractivity contribution is -0.150. The first-order valence-corrected chi connectivity index (χ1v) is 18.3. The second-order valence-corrected chi connectivity index (χ2v) is 14.3. The number of alkyl halides is 3. The van der Waals surface area contributed by atoms with Crippen LogP contribution in [-0.2, 0) is 28.8 Å². The van der Waals surface area contributed by atoms with Crippen LogP contribution in [0.3, 0.4) is 0 Å². The zero-order chi connectivity index (χ0) is 39.7. The summed E-state index contributed by atoms with van der Waals surface area (Å²) in [5.74, 6) is -0.313. The number of halogens is 3. The van der Waals surface area contributed by atoms with Crippen molar-refractivity contribution in [3.8, 4) is 34.4 Å². The van der Waals surface area contributed by atoms with Gasteiger partial charge in [0.15, 0.2) is 5.58 Å². The van der Waals surface area contributed by atoms with Crippen molar-refractivity contribution in [1.82, 2.24) is 14.8 Å². The van der Waals surface area contributed by atoms with Gasteiger partial charge in [0.25, 0.3) is 0 Å². The van der Waals surface area contributed by atoms with Gasteiger partial charge in [-0.25, -0.2) is 4.98 Å². The van der Waals surface area contributed by atoms with E-state index in [-0.39, 0.29) is 24.3 Å². The van der Waals surface area contributed by atoms with Gasteiger partial charge in [0.2, 0.25) is 5.89 Å². The molecule has 7 rings (SSSR count). The van der Waals surface area contributed by atoms with Gasteiger partial charge in [-0.3, -0.25) is 14.6 Å². The van der Waals surface area contributed by atoms with Crippen LogP contribution in [0.2, 0.25) is 0 Å². The Hall–Kier alpha value is -5.52. The van der Waals surface area contributed by atoms with Crippen LogP contribution in [0.5, 0.6) is 5.75 Å². The van der Waals surface area contributed by atoms with E-state index in [2.05, 4.69) is 6.07 Å². The number of oxazole rings is 1. The largest absolute Gasteiger partial charge is 0.496 e. The number of β-amino-alcohol motifs (C(OH)–C–C–N with tert-alkyl or cyclic N) is 1. The van der Waals surface area contributed by atoms with Crippen LogP contribution in [-0.4, -0.2) is 83.1 Å². The maximum absolute atomic E-state index is 14.4. The molecule has 1 unspecified atom stereocenters. The average Bonchev–Trinajstić information content (AvgIpc) is 3.79. The van der Waals surface area contributed by atoms with Crippen molar-refractivity contribution in [2.75, 3.05) is 40.0 Å². The quantitative estimate of drug-likeness (QED) is 0.136. The Morgan fingerprint density at radius 1 is 1.02 bits per heavy atom. The Kier molecular flexibility index (Phi) is 11.0. The third-order valence-corrected chi connectivity index (χ3v) is 10.7. The molecular formula is C43H41F3N4O6. The normalized spacial score (nSPS) is 18.2. The molecule has 0 bridgehead atoms. The minimum atomic E-state index is -4.61. The number of nitriles is 1. The summed E-state index contributed by atoms with van der Waals surface area (Å²) in [5.41, 5.74) is 6.32. The number of aliphatic hydroxyl groups excluding tert-OH is 1. The molecule has 2 aliphatic rings. The summed E-state index contributed by atoms with van der Waals surface area (Å²) in [6.07, 6.45) is -1.38. The number of carbonyl (C=O) groups is 1. The van der Waals surface area contributed by atoms with Crippen LogP contribution in [0.25, 0.3) is 45.8 Å². The summed E-state index contributed by atoms with van der Waals surface area (Å²) < 4.78 is 60.4. The summed E-state index contributed by atoms with van der Waals surface area (Å²) in [6.45, 7) is 6.32. The standard InChI is InChI=1S/C43H41F3N4O6/c1-25-28(10-11-29-19-39(54-3)31(18-36(29)43(44,45)46)22-49-13-12-32(51)23-49)6-4-7-33(25)34-8-5-9-35(26(34)2)41-48-37-17-27(16-30(20-47)40(37)56-41)21-50-14-15-55-24-38(50)42(52)53/h4-11,16-19,32,38,51H,12-15,21-24H2,1-3H3,(H,52,53)/b11-10+/t32-,38?/m1/s1. The first kappa shape index (κ1) is 38.7. The van der Waals surface area contributed by atoms with Crippen LogP contribution >= 0.6 is 0 Å². The zero-order valence-corrected chi connectivity index (χ0v) is 31.2. The van der Waals surface area contributed by atoms with Gasteiger partial charge < -0.3 is 24.1 Å². The van der Waals surface area contributed by atoms with Crippen LogP contribution in [0, 0.1) is 25.2 Å². The fourth-order valence-electron chi connectivity index (χ4n) is 7.67. The summed E-state index contributed by atoms with van der Waals surface area (Å²) in [4.78, 5) is 20.3. The Morgan fingerprint density at radius 2 is 1.75 bits per heavy atom. The molecule has 5 aromatic rings. The number of carboxylic acid groups (broad SMARTS) is 1. The molecule has 10 nitrogen and oxygen atoms in total. The minimum Gasteiger partial charge on any atom is -0.496 e. The molecule has 2 saturated heterocycles. The van der Waals surface area contributed by atoms with E-state index in [1.165, 1.54) is 19.3 Å². The number of fused-ring (bicyclic) bond motifs is 1. The van der Waals surface area contributed by atoms with Gasteiger partial charge in [-0.1, -0.05) is 42.5 Å². The van der Waals surface area contributed by atoms with Gasteiger partial charge in [-0.05, 0) is 89.5 Å². The van der Waals surface area contributed by atoms with Crippen molar-refractivity contribution in [2.45, 2.75) is 51.7 Å². The SMILES string of the molecule is COc1cc(/C=C/c2cccc(-c3cccc(-c4nc5cc(CN6CCOCC6C(=O)O)cc(C#N)c5o4)c3C)c2C)c(C(F)(F)F)cc1CN1CC[C@@H](O)C1. The molecule has 1 aromatic heterocycles. The van der Waals surface area contributed by atoms with Gasteiger partial charge in [0, 0.05) is 43.9 Å². The molecule has 56 heavy (non-hydrogen) atoms. The highest BCUT2D eigenvalue weighted by Crippen LogP contribution is 2.39. The number of aromatic nitrogens is 1. The molecule has 13 heteroatoms. The first-order chi connectivity index (χ1) is 26.8. The van der Waals surface area contributed by atoms with Gasteiger partial charge >= 0.3 is 12.1 Å². The molecular weight excluding hydrogens is 725 g/mol. The Morgan fingerprint density at radius 3 is 2.45 bits per heavy atom. The maximum Gasteiger partial charge on any atom is 0.417 e. The first-order valence-electron chi connectivity index (χ1n) is 18.3. The summed E-state index contributed by atoms with van der Waals surface area (Å²) >= 11 is 0. The summed E-state index contributed by atoms with van der Waals surface area (Å²) in [7, 11) is 1.44. The molecule has 2 N–H and O–H groups in total. The molecule has 2 fully saturated rings. The Labute approximate surface area is 322 Å². The molecule has 290 valence electrons. The second kappa shape index (κ2) is 15.9. The van der Waals surface area contributed by atoms with Crippen molar-refractivity contribution in [3.05, 3.63) is 105 Å². The molecule has 0 aliphatic carbocycles. The van der Waals surface area contributed by atoms with Crippen LogP contribution in [0.1, 0.15) is 50.9 Å². The number of hydrogen-bond donors (Lipinski definition) is 2. The minimum absolute atomic E-state index is 0.0231. The molecule has 2 atom stereocenters. The highest BCUT2D eigenvalue weighted by atomic mass is 19.4. The molecule has 0 saturated carbocycles. The van der Waals surface area contributed by atoms with E-state index in [1.54, 1.807) is 17.0 Å². The van der Waals surface area contributed by atoms with Crippen molar-refractivity contribution in [3.63, 3.8) is 0 Å². The van der Waals surface area contributed by atoms with Crippen molar-refractivity contribution >= 4 is 29.2 Å². The van der Waals surface area contributed by atoms with Crippen molar-refractivity contribution < 1.29 is 42.1 Å². The molecule has 4 aromatic carbocycles. The number of rotatable bonds is 10. The van der Waals surface area contributed by atoms with Gasteiger partial charge in [0.1, 0.15) is 23.4 Å². The van der Waals surface area contributed by atoms with E-state index in [0.717, 1.165) is 39.4 Å². The maximum atomic E-state index is 14.4. The molecule has 0 amide bonds. The number of benzene rings is 4. The predicted molar refractivity (Wildman–Crippen MR) is 205 cm³/mol. The molecule has 0 spiro atoms. The number of methoxy groups -OCH3 is 1. The van der Waals surface area contributed by atoms with Gasteiger partial charge in [0.05, 0.1) is 37.6 Å². The topological polar surface area (TPSA) is 132 Å². The highest BCUT2D eigenvalue weighted by molar-refractivity contribution is 5.86. The van der Waals surface area contributed by atoms with Crippen molar-refractivity contribution in [1.29, 1.82) is 5.26 Å². The van der Waals surface area contributed by atoms with Crippen LogP contribution in [0.15, 0.2) is 65.1 Å². The predicted octanol–water partition coefficient (Wildman–Crippen LogP) is 7.70. The lowest BCUT2D eigenvalue weighted by atomic mass is 9.91. The summed E-state index contributed by atoms with van der Waals surface area (Å²) in [6, 6.07) is 18.8. The van der Waals surface area contributed by atoms with Gasteiger partial charge in [-0.15, -0.1) is 0 Å². The number of nitrogens with zero attached hydrogens (tertiary/aromatic N) is 4. The van der Waals surface area contributed by atoms with Crippen LogP contribution in [0.4, 0.5) is 13.2 Å². The number of hydrogen-bond acceptors (Lipinski definition) is 9. The van der Waals surface area contributed by atoms with Gasteiger partial charge in [-0.2, -0.15) is 18.4 Å². The van der Waals surface area contributed by atoms with E-state index in [1.807, 2.05) is 61.2 Å². The zero-order valence-electron chi connectivity index (χ0n) is 31.2. The lowest BCUT2D eigenvalue weighted by Gasteiger charge is -2.32. The number of aliphatic hydroxyl groups is 1. The van der Waals surface area contributed by atoms with E-state index < -0.39 is 29.9 Å². The van der Waals surface area contributed by atoms with E-state index >= 15 is 0 Å². The number of likely N-dealkylation sites (tertiary alicyclic amines) is 1. The second-order valence-electron chi connectivity index (χ2n) is 14.3. The van der Waals surface area contributed by atoms with E-state index in [4.69, 9.17) is 18.9 Å². The summed E-state index contributed by atoms with van der Waals surface area (Å²) in [5, 5.41) is 29.6. The number of ether oxygens (including phenoxy) is 2. The lowest BCUT2D eigenvalue weighted by Crippen LogP contribution is -2.49. The molecule has 0 radical (unpaired) electrons. The Balaban J connectivity index is 1.19. The highest BCUT2D eigenvalue weighted by Gasteiger charge is 2.35. The fourth-order valence-corrected chi connectivity index (χ4v) is 7.67. The number of morpholine rings is 1.